The lowest BCUT2D eigenvalue weighted by atomic mass is 9.96. The summed E-state index contributed by atoms with van der Waals surface area (Å²) in [6, 6.07) is -1.28. The zero-order valence-electron chi connectivity index (χ0n) is 22.3. The molecule has 0 saturated carbocycles. The molecular weight excluding hydrogens is 510 g/mol. The summed E-state index contributed by atoms with van der Waals surface area (Å²) in [6.07, 6.45) is -13.3. The fourth-order valence-electron chi connectivity index (χ4n) is 4.16. The van der Waals surface area contributed by atoms with Crippen LogP contribution >= 0.6 is 0 Å². The molecule has 14 nitrogen and oxygen atoms in total. The molecule has 2 aliphatic heterocycles. The van der Waals surface area contributed by atoms with Gasteiger partial charge in [-0.2, -0.15) is 0 Å². The number of ether oxygens (including phenoxy) is 4. The quantitative estimate of drug-likeness (QED) is 0.0810. The molecule has 0 aromatic rings. The first kappa shape index (κ1) is 31.9. The second-order valence-corrected chi connectivity index (χ2v) is 15.4. The largest absolute Gasteiger partial charge is 0.463 e. The van der Waals surface area contributed by atoms with Gasteiger partial charge in [0.05, 0.1) is 12.7 Å². The van der Waals surface area contributed by atoms with Gasteiger partial charge in [-0.15, -0.1) is 0 Å². The first-order chi connectivity index (χ1) is 17.1. The summed E-state index contributed by atoms with van der Waals surface area (Å²) in [7, 11) is -2.55. The molecule has 2 saturated heterocycles. The van der Waals surface area contributed by atoms with Crippen LogP contribution in [0.15, 0.2) is 5.11 Å². The average Bonchev–Trinajstić information content (AvgIpc) is 2.81. The summed E-state index contributed by atoms with van der Waals surface area (Å²) < 4.78 is 28.4. The Morgan fingerprint density at radius 1 is 1.05 bits per heavy atom. The van der Waals surface area contributed by atoms with Crippen molar-refractivity contribution < 1.29 is 53.7 Å². The standard InChI is InChI=1S/C22H41N3O11Si/c1-10(2)22(4,5)37(6,7)36-20-14(24-25-23)16(29)19(12(8-26)33-20)35-21-18(31)17(30)15(28)13(34-21)9-32-11(3)27/h10,12-21,26,28-31H,8-9H2,1-7H3/t12-,13-,14-,15+,16-,17+,18-,19-,20+,21+/m1/s1. The monoisotopic (exact) mass is 551 g/mol. The molecule has 0 aliphatic carbocycles. The minimum Gasteiger partial charge on any atom is -0.463 e. The second-order valence-electron chi connectivity index (χ2n) is 10.8. The van der Waals surface area contributed by atoms with Crippen molar-refractivity contribution in [2.24, 2.45) is 11.0 Å². The van der Waals surface area contributed by atoms with Crippen LogP contribution < -0.4 is 0 Å². The maximum Gasteiger partial charge on any atom is 0.302 e. The van der Waals surface area contributed by atoms with Gasteiger partial charge in [0.25, 0.3) is 0 Å². The fraction of sp³-hybridized carbons (Fsp3) is 0.955. The Balaban J connectivity index is 2.28. The number of hydrogen-bond acceptors (Lipinski definition) is 12. The molecule has 214 valence electrons. The van der Waals surface area contributed by atoms with Crippen LogP contribution in [0.25, 0.3) is 10.4 Å². The lowest BCUT2D eigenvalue weighted by molar-refractivity contribution is -0.343. The zero-order chi connectivity index (χ0) is 28.3. The summed E-state index contributed by atoms with van der Waals surface area (Å²) in [5.41, 5.74) is 9.17. The molecule has 0 spiro atoms. The summed E-state index contributed by atoms with van der Waals surface area (Å²) >= 11 is 0. The van der Waals surface area contributed by atoms with Gasteiger partial charge in [-0.05, 0) is 29.6 Å². The van der Waals surface area contributed by atoms with Gasteiger partial charge in [0.2, 0.25) is 0 Å². The van der Waals surface area contributed by atoms with Crippen molar-refractivity contribution >= 4 is 14.3 Å². The van der Waals surface area contributed by atoms with Gasteiger partial charge in [0.15, 0.2) is 20.9 Å². The van der Waals surface area contributed by atoms with Crippen LogP contribution in [0.1, 0.15) is 34.6 Å². The van der Waals surface area contributed by atoms with Crippen molar-refractivity contribution in [2.75, 3.05) is 13.2 Å². The molecule has 2 rings (SSSR count). The zero-order valence-corrected chi connectivity index (χ0v) is 23.3. The normalized spacial score (nSPS) is 37.2. The van der Waals surface area contributed by atoms with Crippen LogP contribution in [0.5, 0.6) is 0 Å². The van der Waals surface area contributed by atoms with E-state index in [1.165, 1.54) is 0 Å². The Kier molecular flexibility index (Phi) is 10.9. The lowest BCUT2D eigenvalue weighted by Crippen LogP contribution is -2.65. The lowest BCUT2D eigenvalue weighted by Gasteiger charge is -2.50. The van der Waals surface area contributed by atoms with E-state index in [0.717, 1.165) is 6.92 Å². The highest BCUT2D eigenvalue weighted by Crippen LogP contribution is 2.46. The summed E-state index contributed by atoms with van der Waals surface area (Å²) in [4.78, 5) is 14.0. The Morgan fingerprint density at radius 2 is 1.65 bits per heavy atom. The molecular formula is C22H41N3O11Si. The van der Waals surface area contributed by atoms with Gasteiger partial charge < -0.3 is 48.9 Å². The van der Waals surface area contributed by atoms with Crippen molar-refractivity contribution in [3.8, 4) is 0 Å². The maximum absolute atomic E-state index is 11.2. The van der Waals surface area contributed by atoms with E-state index >= 15 is 0 Å². The van der Waals surface area contributed by atoms with Crippen molar-refractivity contribution in [3.63, 3.8) is 0 Å². The van der Waals surface area contributed by atoms with Crippen molar-refractivity contribution in [2.45, 2.75) is 114 Å². The average molecular weight is 552 g/mol. The van der Waals surface area contributed by atoms with Crippen molar-refractivity contribution in [1.29, 1.82) is 0 Å². The molecule has 0 unspecified atom stereocenters. The smallest absolute Gasteiger partial charge is 0.302 e. The number of azide groups is 1. The molecule has 10 atom stereocenters. The van der Waals surface area contributed by atoms with Crippen LogP contribution in [0.3, 0.4) is 0 Å². The first-order valence-corrected chi connectivity index (χ1v) is 15.1. The Hall–Kier alpha value is -1.36. The molecule has 0 amide bonds. The minimum absolute atomic E-state index is 0.238. The third kappa shape index (κ3) is 6.99. The molecule has 0 radical (unpaired) electrons. The number of carbonyl (C=O) groups excluding carboxylic acids is 1. The number of rotatable bonds is 10. The van der Waals surface area contributed by atoms with E-state index in [9.17, 15) is 30.3 Å². The summed E-state index contributed by atoms with van der Waals surface area (Å²) in [5.74, 6) is -0.405. The van der Waals surface area contributed by atoms with Crippen molar-refractivity contribution in [3.05, 3.63) is 10.4 Å². The number of nitrogens with zero attached hydrogens (tertiary/aromatic N) is 3. The third-order valence-corrected chi connectivity index (χ3v) is 12.3. The van der Waals surface area contributed by atoms with E-state index < -0.39 is 88.9 Å². The molecule has 0 bridgehead atoms. The van der Waals surface area contributed by atoms with E-state index in [-0.39, 0.29) is 11.0 Å². The van der Waals surface area contributed by atoms with Gasteiger partial charge in [-0.25, -0.2) is 0 Å². The van der Waals surface area contributed by atoms with Crippen LogP contribution in [0.4, 0.5) is 0 Å². The van der Waals surface area contributed by atoms with Crippen LogP contribution in [-0.2, 0) is 28.2 Å². The van der Waals surface area contributed by atoms with Gasteiger partial charge in [-0.1, -0.05) is 32.8 Å². The Labute approximate surface area is 217 Å². The van der Waals surface area contributed by atoms with Crippen LogP contribution in [-0.4, -0.2) is 114 Å². The molecule has 0 aromatic heterocycles. The molecule has 15 heteroatoms. The first-order valence-electron chi connectivity index (χ1n) is 12.2. The van der Waals surface area contributed by atoms with Crippen LogP contribution in [0.2, 0.25) is 18.1 Å². The van der Waals surface area contributed by atoms with E-state index in [1.54, 1.807) is 0 Å². The van der Waals surface area contributed by atoms with Crippen molar-refractivity contribution in [1.82, 2.24) is 0 Å². The predicted molar refractivity (Wildman–Crippen MR) is 130 cm³/mol. The maximum atomic E-state index is 11.2. The minimum atomic E-state index is -2.55. The van der Waals surface area contributed by atoms with E-state index in [1.807, 2.05) is 13.1 Å². The fourth-order valence-corrected chi connectivity index (χ4v) is 6.63. The number of hydrogen-bond donors (Lipinski definition) is 5. The number of aliphatic hydroxyl groups excluding tert-OH is 5. The highest BCUT2D eigenvalue weighted by atomic mass is 28.4. The topological polar surface area (TPSA) is 213 Å². The molecule has 0 aromatic carbocycles. The molecule has 5 N–H and O–H groups in total. The molecule has 2 heterocycles. The van der Waals surface area contributed by atoms with E-state index in [0.29, 0.717) is 0 Å². The highest BCUT2D eigenvalue weighted by Gasteiger charge is 2.53. The Morgan fingerprint density at radius 3 is 2.16 bits per heavy atom. The number of carbonyl (C=O) groups is 1. The van der Waals surface area contributed by atoms with E-state index in [2.05, 4.69) is 37.7 Å². The molecule has 2 fully saturated rings. The molecule has 2 aliphatic rings. The van der Waals surface area contributed by atoms with Crippen LogP contribution in [0, 0.1) is 5.92 Å². The third-order valence-electron chi connectivity index (χ3n) is 7.82. The molecule has 37 heavy (non-hydrogen) atoms. The van der Waals surface area contributed by atoms with Gasteiger partial charge in [-0.3, -0.25) is 4.79 Å². The second kappa shape index (κ2) is 12.7. The Bertz CT molecular complexity index is 826. The van der Waals surface area contributed by atoms with E-state index in [4.69, 9.17) is 28.9 Å². The predicted octanol–water partition coefficient (Wildman–Crippen LogP) is 0.157. The summed E-state index contributed by atoms with van der Waals surface area (Å²) in [6.45, 7) is 12.3. The van der Waals surface area contributed by atoms with Gasteiger partial charge in [0.1, 0.15) is 49.3 Å². The SMILES string of the molecule is CC(=O)OC[C@H]1O[C@@H](O[C@H]2[C@H](O)[C@@H](N=[N+]=[N-])[C@H](O[Si](C)(C)C(C)(C)C(C)C)O[C@@H]2CO)[C@H](O)[C@@H](O)[C@H]1O. The number of esters is 1. The van der Waals surface area contributed by atoms with Gasteiger partial charge in [0, 0.05) is 11.8 Å². The van der Waals surface area contributed by atoms with Gasteiger partial charge >= 0.3 is 5.97 Å². The summed E-state index contributed by atoms with van der Waals surface area (Å²) in [5, 5.41) is 55.5. The highest BCUT2D eigenvalue weighted by molar-refractivity contribution is 6.74. The number of aliphatic hydroxyl groups is 5.